The third-order valence-corrected chi connectivity index (χ3v) is 4.17. The largest absolute Gasteiger partial charge is 0.350 e. The Morgan fingerprint density at radius 1 is 1.07 bits per heavy atom. The van der Waals surface area contributed by atoms with E-state index in [2.05, 4.69) is 20.8 Å². The van der Waals surface area contributed by atoms with Gasteiger partial charge in [-0.2, -0.15) is 0 Å². The fourth-order valence-corrected chi connectivity index (χ4v) is 2.50. The van der Waals surface area contributed by atoms with Crippen molar-refractivity contribution in [2.24, 2.45) is 0 Å². The molecule has 0 aliphatic heterocycles. The molecule has 27 heavy (non-hydrogen) atoms. The number of nitrogens with zero attached hydrogens (tertiary/aromatic N) is 2. The van der Waals surface area contributed by atoms with Crippen LogP contribution < -0.4 is 10.6 Å². The van der Waals surface area contributed by atoms with Crippen LogP contribution in [0.1, 0.15) is 30.6 Å². The Labute approximate surface area is 157 Å². The van der Waals surface area contributed by atoms with Crippen LogP contribution in [-0.4, -0.2) is 22.1 Å². The van der Waals surface area contributed by atoms with Gasteiger partial charge in [-0.05, 0) is 55.8 Å². The van der Waals surface area contributed by atoms with E-state index in [-0.39, 0.29) is 17.8 Å². The van der Waals surface area contributed by atoms with Gasteiger partial charge in [0.1, 0.15) is 5.82 Å². The summed E-state index contributed by atoms with van der Waals surface area (Å²) in [6.45, 7) is 3.99. The van der Waals surface area contributed by atoms with Crippen molar-refractivity contribution in [1.29, 1.82) is 0 Å². The molecule has 3 rings (SSSR count). The van der Waals surface area contributed by atoms with Crippen molar-refractivity contribution in [3.8, 4) is 11.3 Å². The van der Waals surface area contributed by atoms with E-state index >= 15 is 0 Å². The predicted molar refractivity (Wildman–Crippen MR) is 104 cm³/mol. The zero-order valence-corrected chi connectivity index (χ0v) is 15.2. The van der Waals surface area contributed by atoms with Crippen LogP contribution in [-0.2, 0) is 0 Å². The van der Waals surface area contributed by atoms with Crippen LogP contribution >= 0.6 is 0 Å². The average molecular weight is 364 g/mol. The molecule has 1 atom stereocenters. The monoisotopic (exact) mass is 364 g/mol. The summed E-state index contributed by atoms with van der Waals surface area (Å²) in [7, 11) is 0. The second-order valence-corrected chi connectivity index (χ2v) is 6.30. The molecule has 0 aliphatic rings. The van der Waals surface area contributed by atoms with Crippen molar-refractivity contribution in [2.75, 3.05) is 5.32 Å². The maximum absolute atomic E-state index is 13.3. The second-order valence-electron chi connectivity index (χ2n) is 6.30. The molecule has 2 aromatic carbocycles. The molecule has 1 heterocycles. The first-order valence-electron chi connectivity index (χ1n) is 8.83. The average Bonchev–Trinajstić information content (AvgIpc) is 2.68. The molecule has 138 valence electrons. The van der Waals surface area contributed by atoms with Crippen molar-refractivity contribution in [2.45, 2.75) is 26.3 Å². The number of rotatable bonds is 6. The van der Waals surface area contributed by atoms with Crippen LogP contribution in [0.25, 0.3) is 11.3 Å². The van der Waals surface area contributed by atoms with E-state index in [1.54, 1.807) is 36.4 Å². The summed E-state index contributed by atoms with van der Waals surface area (Å²) < 4.78 is 13.3. The molecule has 5 nitrogen and oxygen atoms in total. The van der Waals surface area contributed by atoms with Gasteiger partial charge in [-0.3, -0.25) is 4.79 Å². The number of anilines is 2. The highest BCUT2D eigenvalue weighted by atomic mass is 19.1. The van der Waals surface area contributed by atoms with Gasteiger partial charge in [-0.25, -0.2) is 4.39 Å². The minimum Gasteiger partial charge on any atom is -0.350 e. The minimum absolute atomic E-state index is 0.111. The van der Waals surface area contributed by atoms with Gasteiger partial charge in [0.05, 0.1) is 5.69 Å². The molecule has 0 saturated carbocycles. The molecule has 3 aromatic rings. The number of carbonyl (C=O) groups excluding carboxylic acids is 1. The van der Waals surface area contributed by atoms with Gasteiger partial charge in [0.15, 0.2) is 5.82 Å². The second kappa shape index (κ2) is 8.40. The zero-order valence-electron chi connectivity index (χ0n) is 15.2. The maximum Gasteiger partial charge on any atom is 0.251 e. The number of aromatic nitrogens is 2. The van der Waals surface area contributed by atoms with Crippen LogP contribution in [0.4, 0.5) is 15.9 Å². The normalized spacial score (nSPS) is 11.7. The van der Waals surface area contributed by atoms with E-state index in [1.165, 1.54) is 12.1 Å². The van der Waals surface area contributed by atoms with Gasteiger partial charge in [-0.1, -0.05) is 25.1 Å². The smallest absolute Gasteiger partial charge is 0.251 e. The number of halogens is 1. The van der Waals surface area contributed by atoms with Gasteiger partial charge in [-0.15, -0.1) is 10.2 Å². The quantitative estimate of drug-likeness (QED) is 0.673. The molecule has 0 spiro atoms. The molecule has 0 aliphatic carbocycles. The molecule has 1 amide bonds. The van der Waals surface area contributed by atoms with E-state index in [0.29, 0.717) is 22.6 Å². The Hall–Kier alpha value is -3.28. The molecular weight excluding hydrogens is 343 g/mol. The lowest BCUT2D eigenvalue weighted by atomic mass is 10.1. The van der Waals surface area contributed by atoms with Gasteiger partial charge in [0.25, 0.3) is 5.91 Å². The number of carbonyl (C=O) groups is 1. The lowest BCUT2D eigenvalue weighted by molar-refractivity contribution is 0.0939. The van der Waals surface area contributed by atoms with E-state index < -0.39 is 0 Å². The van der Waals surface area contributed by atoms with Crippen LogP contribution in [0.15, 0.2) is 60.7 Å². The van der Waals surface area contributed by atoms with Gasteiger partial charge >= 0.3 is 0 Å². The number of benzene rings is 2. The number of hydrogen-bond donors (Lipinski definition) is 2. The van der Waals surface area contributed by atoms with E-state index in [0.717, 1.165) is 12.1 Å². The fraction of sp³-hybridized carbons (Fsp3) is 0.190. The first-order valence-corrected chi connectivity index (χ1v) is 8.83. The highest BCUT2D eigenvalue weighted by Gasteiger charge is 2.09. The molecule has 0 saturated heterocycles. The standard InChI is InChI=1S/C21H21FN4O/c1-3-14(2)23-21(27)16-7-5-9-18(13-16)24-20-11-10-19(25-26-20)15-6-4-8-17(22)12-15/h4-14H,3H2,1-2H3,(H,23,27)(H,24,26)/t14-/m0/s1. The fourth-order valence-electron chi connectivity index (χ4n) is 2.50. The summed E-state index contributed by atoms with van der Waals surface area (Å²) >= 11 is 0. The van der Waals surface area contributed by atoms with E-state index in [1.807, 2.05) is 26.0 Å². The Morgan fingerprint density at radius 3 is 2.59 bits per heavy atom. The van der Waals surface area contributed by atoms with Crippen LogP contribution in [0.2, 0.25) is 0 Å². The predicted octanol–water partition coefficient (Wildman–Crippen LogP) is 4.55. The van der Waals surface area contributed by atoms with Crippen molar-refractivity contribution in [3.63, 3.8) is 0 Å². The Balaban J connectivity index is 1.72. The number of nitrogens with one attached hydrogen (secondary N) is 2. The molecule has 1 aromatic heterocycles. The number of amides is 1. The molecular formula is C21H21FN4O. The summed E-state index contributed by atoms with van der Waals surface area (Å²) in [4.78, 5) is 12.3. The van der Waals surface area contributed by atoms with E-state index in [4.69, 9.17) is 0 Å². The lowest BCUT2D eigenvalue weighted by Crippen LogP contribution is -2.31. The number of hydrogen-bond acceptors (Lipinski definition) is 4. The SMILES string of the molecule is CC[C@H](C)NC(=O)c1cccc(Nc2ccc(-c3cccc(F)c3)nn2)c1. The van der Waals surface area contributed by atoms with Crippen molar-refractivity contribution < 1.29 is 9.18 Å². The molecule has 6 heteroatoms. The van der Waals surface area contributed by atoms with Gasteiger partial charge in [0, 0.05) is 22.9 Å². The van der Waals surface area contributed by atoms with Crippen LogP contribution in [0.5, 0.6) is 0 Å². The Morgan fingerprint density at radius 2 is 1.89 bits per heavy atom. The summed E-state index contributed by atoms with van der Waals surface area (Å²) in [5, 5.41) is 14.3. The minimum atomic E-state index is -0.316. The van der Waals surface area contributed by atoms with Gasteiger partial charge in [0.2, 0.25) is 0 Å². The lowest BCUT2D eigenvalue weighted by Gasteiger charge is -2.12. The summed E-state index contributed by atoms with van der Waals surface area (Å²) in [5.74, 6) is 0.110. The molecule has 0 unspecified atom stereocenters. The van der Waals surface area contributed by atoms with Gasteiger partial charge < -0.3 is 10.6 Å². The molecule has 0 bridgehead atoms. The first-order chi connectivity index (χ1) is 13.0. The highest BCUT2D eigenvalue weighted by molar-refractivity contribution is 5.95. The molecule has 0 fully saturated rings. The topological polar surface area (TPSA) is 66.9 Å². The van der Waals surface area contributed by atoms with Crippen molar-refractivity contribution in [1.82, 2.24) is 15.5 Å². The Kier molecular flexibility index (Phi) is 5.76. The molecule has 0 radical (unpaired) electrons. The first kappa shape index (κ1) is 18.5. The summed E-state index contributed by atoms with van der Waals surface area (Å²) in [6.07, 6.45) is 0.872. The molecule has 2 N–H and O–H groups in total. The van der Waals surface area contributed by atoms with Crippen LogP contribution in [0.3, 0.4) is 0 Å². The Bertz CT molecular complexity index is 927. The maximum atomic E-state index is 13.3. The third kappa shape index (κ3) is 4.88. The van der Waals surface area contributed by atoms with Crippen LogP contribution in [0, 0.1) is 5.82 Å². The van der Waals surface area contributed by atoms with E-state index in [9.17, 15) is 9.18 Å². The third-order valence-electron chi connectivity index (χ3n) is 4.17. The highest BCUT2D eigenvalue weighted by Crippen LogP contribution is 2.20. The summed E-state index contributed by atoms with van der Waals surface area (Å²) in [5.41, 5.74) is 2.56. The van der Waals surface area contributed by atoms with Crippen molar-refractivity contribution >= 4 is 17.4 Å². The summed E-state index contributed by atoms with van der Waals surface area (Å²) in [6, 6.07) is 17.0. The van der Waals surface area contributed by atoms with Crippen molar-refractivity contribution in [3.05, 3.63) is 72.0 Å². The zero-order chi connectivity index (χ0) is 19.2.